The topological polar surface area (TPSA) is 34.9 Å². The minimum Gasteiger partial charge on any atom is -0.266 e. The van der Waals surface area contributed by atoms with E-state index in [1.54, 1.807) is 0 Å². The number of hydrogen-bond acceptors (Lipinski definition) is 2. The normalized spacial score (nSPS) is 10.7. The molecule has 3 nitrogen and oxygen atoms in total. The van der Waals surface area contributed by atoms with E-state index in [1.165, 1.54) is 24.4 Å². The van der Waals surface area contributed by atoms with Crippen molar-refractivity contribution in [2.24, 2.45) is 0 Å². The second-order valence-electron chi connectivity index (χ2n) is 3.51. The largest absolute Gasteiger partial charge is 0.287 e. The van der Waals surface area contributed by atoms with Crippen molar-refractivity contribution in [1.82, 2.24) is 9.78 Å². The van der Waals surface area contributed by atoms with E-state index in [1.807, 2.05) is 0 Å². The summed E-state index contributed by atoms with van der Waals surface area (Å²) in [7, 11) is 0. The van der Waals surface area contributed by atoms with E-state index in [0.717, 1.165) is 4.68 Å². The van der Waals surface area contributed by atoms with E-state index < -0.39 is 11.4 Å². The van der Waals surface area contributed by atoms with Crippen LogP contribution in [0.3, 0.4) is 0 Å². The molecule has 2 rings (SSSR count). The van der Waals surface area contributed by atoms with Gasteiger partial charge in [-0.25, -0.2) is 9.07 Å². The lowest BCUT2D eigenvalue weighted by atomic mass is 10.2. The summed E-state index contributed by atoms with van der Waals surface area (Å²) in [6.45, 7) is -0.0673. The zero-order valence-electron chi connectivity index (χ0n) is 8.83. The molecule has 1 aromatic carbocycles. The number of halogens is 4. The second kappa shape index (κ2) is 5.26. The number of nitrogens with zero attached hydrogens (tertiary/aromatic N) is 2. The van der Waals surface area contributed by atoms with Gasteiger partial charge in [0.05, 0.1) is 17.8 Å². The molecule has 0 fully saturated rings. The van der Waals surface area contributed by atoms with Crippen molar-refractivity contribution in [1.29, 1.82) is 0 Å². The van der Waals surface area contributed by atoms with E-state index in [-0.39, 0.29) is 22.2 Å². The summed E-state index contributed by atoms with van der Waals surface area (Å²) in [5, 5.41) is 4.07. The number of rotatable bonds is 2. The zero-order valence-corrected chi connectivity index (χ0v) is 11.1. The Bertz CT molecular complexity index is 657. The summed E-state index contributed by atoms with van der Waals surface area (Å²) in [5.74, 6) is -0.473. The average molecular weight is 308 g/mol. The first kappa shape index (κ1) is 13.3. The molecule has 0 saturated carbocycles. The molecule has 0 bridgehead atoms. The van der Waals surface area contributed by atoms with Crippen LogP contribution >= 0.6 is 34.8 Å². The van der Waals surface area contributed by atoms with Gasteiger partial charge in [0.15, 0.2) is 0 Å². The van der Waals surface area contributed by atoms with Crippen LogP contribution in [-0.4, -0.2) is 9.78 Å². The van der Waals surface area contributed by atoms with Gasteiger partial charge in [-0.15, -0.1) is 0 Å². The van der Waals surface area contributed by atoms with Gasteiger partial charge in [0.2, 0.25) is 0 Å². The van der Waals surface area contributed by atoms with Crippen LogP contribution in [0.1, 0.15) is 5.56 Å². The molecule has 0 spiro atoms. The van der Waals surface area contributed by atoms with Crippen molar-refractivity contribution in [3.63, 3.8) is 0 Å². The fourth-order valence-electron chi connectivity index (χ4n) is 1.38. The summed E-state index contributed by atoms with van der Waals surface area (Å²) in [5.41, 5.74) is -0.334. The first-order chi connectivity index (χ1) is 8.49. The van der Waals surface area contributed by atoms with Crippen molar-refractivity contribution in [3.8, 4) is 0 Å². The lowest BCUT2D eigenvalue weighted by Crippen LogP contribution is -2.24. The van der Waals surface area contributed by atoms with E-state index in [4.69, 9.17) is 34.8 Å². The van der Waals surface area contributed by atoms with Crippen LogP contribution in [0.2, 0.25) is 15.1 Å². The van der Waals surface area contributed by atoms with Crippen LogP contribution < -0.4 is 5.56 Å². The van der Waals surface area contributed by atoms with Crippen LogP contribution in [0.4, 0.5) is 4.39 Å². The minimum absolute atomic E-state index is 0.0597. The van der Waals surface area contributed by atoms with Gasteiger partial charge in [0, 0.05) is 10.6 Å². The minimum atomic E-state index is -0.580. The lowest BCUT2D eigenvalue weighted by Gasteiger charge is -2.07. The van der Waals surface area contributed by atoms with Crippen molar-refractivity contribution in [3.05, 3.63) is 61.2 Å². The molecule has 1 aromatic heterocycles. The standard InChI is InChI=1S/C11H6Cl3FN2O/c12-7-1-2-9(15)6(3-7)5-17-11(18)10(14)8(13)4-16-17/h1-4H,5H2. The fraction of sp³-hybridized carbons (Fsp3) is 0.0909. The first-order valence-corrected chi connectivity index (χ1v) is 5.97. The average Bonchev–Trinajstić information content (AvgIpc) is 2.34. The zero-order chi connectivity index (χ0) is 13.3. The molecule has 0 aliphatic heterocycles. The van der Waals surface area contributed by atoms with E-state index >= 15 is 0 Å². The van der Waals surface area contributed by atoms with Gasteiger partial charge in [-0.2, -0.15) is 5.10 Å². The van der Waals surface area contributed by atoms with Crippen molar-refractivity contribution >= 4 is 34.8 Å². The molecule has 0 aliphatic carbocycles. The molecule has 18 heavy (non-hydrogen) atoms. The Balaban J connectivity index is 2.44. The molecule has 0 unspecified atom stereocenters. The van der Waals surface area contributed by atoms with Crippen LogP contribution in [0.25, 0.3) is 0 Å². The highest BCUT2D eigenvalue weighted by Gasteiger charge is 2.10. The van der Waals surface area contributed by atoms with E-state index in [2.05, 4.69) is 5.10 Å². The summed E-state index contributed by atoms with van der Waals surface area (Å²) < 4.78 is 14.5. The summed E-state index contributed by atoms with van der Waals surface area (Å²) >= 11 is 17.1. The predicted molar refractivity (Wildman–Crippen MR) is 69.0 cm³/mol. The Morgan fingerprint density at radius 2 is 2.00 bits per heavy atom. The fourth-order valence-corrected chi connectivity index (χ4v) is 1.85. The number of benzene rings is 1. The van der Waals surface area contributed by atoms with Crippen molar-refractivity contribution in [2.75, 3.05) is 0 Å². The molecule has 0 atom stereocenters. The molecule has 0 N–H and O–H groups in total. The van der Waals surface area contributed by atoms with Gasteiger partial charge in [-0.05, 0) is 18.2 Å². The predicted octanol–water partition coefficient (Wildman–Crippen LogP) is 3.39. The Morgan fingerprint density at radius 1 is 1.28 bits per heavy atom. The van der Waals surface area contributed by atoms with E-state index in [9.17, 15) is 9.18 Å². The number of hydrogen-bond donors (Lipinski definition) is 0. The molecule has 0 aliphatic rings. The molecular formula is C11H6Cl3FN2O. The maximum atomic E-state index is 13.5. The van der Waals surface area contributed by atoms with Gasteiger partial charge in [-0.3, -0.25) is 4.79 Å². The molecule has 0 saturated heterocycles. The van der Waals surface area contributed by atoms with Crippen molar-refractivity contribution < 1.29 is 4.39 Å². The third-order valence-corrected chi connectivity index (χ3v) is 3.25. The highest BCUT2D eigenvalue weighted by atomic mass is 35.5. The SMILES string of the molecule is O=c1c(Cl)c(Cl)cnn1Cc1cc(Cl)ccc1F. The second-order valence-corrected chi connectivity index (χ2v) is 4.73. The Labute approximate surface area is 117 Å². The Morgan fingerprint density at radius 3 is 2.72 bits per heavy atom. The third-order valence-electron chi connectivity index (χ3n) is 2.27. The Kier molecular flexibility index (Phi) is 3.90. The van der Waals surface area contributed by atoms with Crippen LogP contribution in [0.5, 0.6) is 0 Å². The van der Waals surface area contributed by atoms with Gasteiger partial charge in [-0.1, -0.05) is 34.8 Å². The van der Waals surface area contributed by atoms with Gasteiger partial charge >= 0.3 is 0 Å². The maximum Gasteiger partial charge on any atom is 0.287 e. The monoisotopic (exact) mass is 306 g/mol. The molecule has 0 amide bonds. The molecule has 0 radical (unpaired) electrons. The molecule has 94 valence electrons. The number of aromatic nitrogens is 2. The highest BCUT2D eigenvalue weighted by molar-refractivity contribution is 6.41. The van der Waals surface area contributed by atoms with Gasteiger partial charge in [0.1, 0.15) is 10.8 Å². The molecule has 1 heterocycles. The van der Waals surface area contributed by atoms with Crippen LogP contribution in [0.15, 0.2) is 29.2 Å². The summed E-state index contributed by atoms with van der Waals surface area (Å²) in [6.07, 6.45) is 1.23. The lowest BCUT2D eigenvalue weighted by molar-refractivity contribution is 0.572. The maximum absolute atomic E-state index is 13.5. The molecule has 2 aromatic rings. The highest BCUT2D eigenvalue weighted by Crippen LogP contribution is 2.17. The quantitative estimate of drug-likeness (QED) is 0.852. The van der Waals surface area contributed by atoms with Gasteiger partial charge < -0.3 is 0 Å². The molecule has 7 heteroatoms. The van der Waals surface area contributed by atoms with Crippen LogP contribution in [0, 0.1) is 5.82 Å². The van der Waals surface area contributed by atoms with Gasteiger partial charge in [0.25, 0.3) is 5.56 Å². The first-order valence-electron chi connectivity index (χ1n) is 4.84. The Hall–Kier alpha value is -1.10. The third kappa shape index (κ3) is 2.66. The molecular weight excluding hydrogens is 301 g/mol. The summed E-state index contributed by atoms with van der Waals surface area (Å²) in [6, 6.07) is 4.07. The smallest absolute Gasteiger partial charge is 0.266 e. The summed E-state index contributed by atoms with van der Waals surface area (Å²) in [4.78, 5) is 11.7. The van der Waals surface area contributed by atoms with E-state index in [0.29, 0.717) is 5.02 Å². The van der Waals surface area contributed by atoms with Crippen molar-refractivity contribution in [2.45, 2.75) is 6.54 Å². The van der Waals surface area contributed by atoms with Crippen LogP contribution in [-0.2, 0) is 6.54 Å².